The van der Waals surface area contributed by atoms with Crippen molar-refractivity contribution in [3.8, 4) is 0 Å². The van der Waals surface area contributed by atoms with E-state index in [-0.39, 0.29) is 6.10 Å². The van der Waals surface area contributed by atoms with Gasteiger partial charge in [-0.25, -0.2) is 0 Å². The second-order valence-electron chi connectivity index (χ2n) is 4.64. The third kappa shape index (κ3) is 4.43. The van der Waals surface area contributed by atoms with E-state index in [1.807, 2.05) is 19.2 Å². The second kappa shape index (κ2) is 5.86. The Morgan fingerprint density at radius 3 is 2.60 bits per heavy atom. The number of aliphatic hydroxyl groups is 1. The molecule has 0 aliphatic carbocycles. The van der Waals surface area contributed by atoms with Crippen molar-refractivity contribution in [2.45, 2.75) is 46.1 Å². The first kappa shape index (κ1) is 12.2. The molecule has 0 fully saturated rings. The molecule has 0 saturated heterocycles. The topological polar surface area (TPSA) is 33.1 Å². The fourth-order valence-electron chi connectivity index (χ4n) is 1.65. The SMILES string of the molecule is Cc1cncc(C(O)CCCC(C)C)c1. The van der Waals surface area contributed by atoms with Crippen molar-refractivity contribution in [2.75, 3.05) is 0 Å². The number of hydrogen-bond acceptors (Lipinski definition) is 2. The van der Waals surface area contributed by atoms with Gasteiger partial charge in [0.2, 0.25) is 0 Å². The molecule has 2 heteroatoms. The summed E-state index contributed by atoms with van der Waals surface area (Å²) >= 11 is 0. The Morgan fingerprint density at radius 2 is 2.00 bits per heavy atom. The summed E-state index contributed by atoms with van der Waals surface area (Å²) in [6.45, 7) is 6.42. The molecule has 15 heavy (non-hydrogen) atoms. The maximum Gasteiger partial charge on any atom is 0.0805 e. The largest absolute Gasteiger partial charge is 0.388 e. The summed E-state index contributed by atoms with van der Waals surface area (Å²) in [4.78, 5) is 4.09. The van der Waals surface area contributed by atoms with Crippen molar-refractivity contribution in [3.05, 3.63) is 29.6 Å². The number of rotatable bonds is 5. The molecule has 1 heterocycles. The van der Waals surface area contributed by atoms with E-state index in [9.17, 15) is 5.11 Å². The lowest BCUT2D eigenvalue weighted by atomic mass is 10.0. The maximum absolute atomic E-state index is 9.92. The van der Waals surface area contributed by atoms with E-state index in [4.69, 9.17) is 0 Å². The molecule has 0 aromatic carbocycles. The van der Waals surface area contributed by atoms with Crippen LogP contribution in [-0.2, 0) is 0 Å². The minimum Gasteiger partial charge on any atom is -0.388 e. The lowest BCUT2D eigenvalue weighted by Crippen LogP contribution is -1.99. The summed E-state index contributed by atoms with van der Waals surface area (Å²) in [6.07, 6.45) is 6.31. The van der Waals surface area contributed by atoms with E-state index < -0.39 is 0 Å². The number of aromatic nitrogens is 1. The highest BCUT2D eigenvalue weighted by Crippen LogP contribution is 2.20. The van der Waals surface area contributed by atoms with Crippen LogP contribution in [0.1, 0.15) is 50.3 Å². The summed E-state index contributed by atoms with van der Waals surface area (Å²) in [5, 5.41) is 9.92. The van der Waals surface area contributed by atoms with Crippen LogP contribution in [0.25, 0.3) is 0 Å². The van der Waals surface area contributed by atoms with Gasteiger partial charge in [-0.2, -0.15) is 0 Å². The Bertz CT molecular complexity index is 296. The van der Waals surface area contributed by atoms with E-state index in [1.165, 1.54) is 6.42 Å². The zero-order valence-electron chi connectivity index (χ0n) is 9.90. The molecular formula is C13H21NO. The molecule has 0 bridgehead atoms. The minimum absolute atomic E-state index is 0.351. The average molecular weight is 207 g/mol. The van der Waals surface area contributed by atoms with E-state index in [0.717, 1.165) is 24.0 Å². The molecule has 1 unspecified atom stereocenters. The normalized spacial score (nSPS) is 13.1. The number of pyridine rings is 1. The van der Waals surface area contributed by atoms with Gasteiger partial charge in [0.05, 0.1) is 6.10 Å². The second-order valence-corrected chi connectivity index (χ2v) is 4.64. The van der Waals surface area contributed by atoms with E-state index >= 15 is 0 Å². The van der Waals surface area contributed by atoms with Gasteiger partial charge in [-0.3, -0.25) is 4.98 Å². The third-order valence-electron chi connectivity index (χ3n) is 2.54. The minimum atomic E-state index is -0.351. The molecule has 0 saturated carbocycles. The highest BCUT2D eigenvalue weighted by Gasteiger charge is 2.07. The van der Waals surface area contributed by atoms with Crippen molar-refractivity contribution in [1.29, 1.82) is 0 Å². The van der Waals surface area contributed by atoms with Gasteiger partial charge in [0.1, 0.15) is 0 Å². The average Bonchev–Trinajstić information content (AvgIpc) is 2.17. The van der Waals surface area contributed by atoms with Crippen molar-refractivity contribution in [2.24, 2.45) is 5.92 Å². The maximum atomic E-state index is 9.92. The van der Waals surface area contributed by atoms with Gasteiger partial charge in [0.15, 0.2) is 0 Å². The van der Waals surface area contributed by atoms with Gasteiger partial charge < -0.3 is 5.11 Å². The molecule has 0 amide bonds. The molecule has 2 nitrogen and oxygen atoms in total. The summed E-state index contributed by atoms with van der Waals surface area (Å²) in [7, 11) is 0. The number of hydrogen-bond donors (Lipinski definition) is 1. The van der Waals surface area contributed by atoms with Crippen LogP contribution in [0.5, 0.6) is 0 Å². The summed E-state index contributed by atoms with van der Waals surface area (Å²) in [5.41, 5.74) is 2.05. The Kier molecular flexibility index (Phi) is 4.76. The molecule has 1 rings (SSSR count). The smallest absolute Gasteiger partial charge is 0.0805 e. The van der Waals surface area contributed by atoms with Crippen LogP contribution in [0.4, 0.5) is 0 Å². The first-order valence-corrected chi connectivity index (χ1v) is 5.69. The first-order valence-electron chi connectivity index (χ1n) is 5.69. The van der Waals surface area contributed by atoms with Crippen molar-refractivity contribution in [3.63, 3.8) is 0 Å². The van der Waals surface area contributed by atoms with Crippen LogP contribution in [0.3, 0.4) is 0 Å². The van der Waals surface area contributed by atoms with E-state index in [1.54, 1.807) is 6.20 Å². The first-order chi connectivity index (χ1) is 7.09. The number of nitrogens with zero attached hydrogens (tertiary/aromatic N) is 1. The number of aryl methyl sites for hydroxylation is 1. The van der Waals surface area contributed by atoms with Crippen molar-refractivity contribution in [1.82, 2.24) is 4.98 Å². The molecule has 1 N–H and O–H groups in total. The van der Waals surface area contributed by atoms with Crippen LogP contribution < -0.4 is 0 Å². The van der Waals surface area contributed by atoms with Crippen LogP contribution in [0.15, 0.2) is 18.5 Å². The molecule has 1 aromatic heterocycles. The lowest BCUT2D eigenvalue weighted by molar-refractivity contribution is 0.161. The number of aliphatic hydroxyl groups excluding tert-OH is 1. The highest BCUT2D eigenvalue weighted by molar-refractivity contribution is 5.18. The summed E-state index contributed by atoms with van der Waals surface area (Å²) in [6, 6.07) is 2.01. The molecule has 0 radical (unpaired) electrons. The van der Waals surface area contributed by atoms with Crippen LogP contribution in [0, 0.1) is 12.8 Å². The Hall–Kier alpha value is -0.890. The summed E-state index contributed by atoms with van der Waals surface area (Å²) in [5.74, 6) is 0.716. The Labute approximate surface area is 92.4 Å². The third-order valence-corrected chi connectivity index (χ3v) is 2.54. The lowest BCUT2D eigenvalue weighted by Gasteiger charge is -2.11. The molecule has 1 aromatic rings. The zero-order valence-corrected chi connectivity index (χ0v) is 9.90. The fourth-order valence-corrected chi connectivity index (χ4v) is 1.65. The Balaban J connectivity index is 2.43. The molecule has 1 atom stereocenters. The van der Waals surface area contributed by atoms with E-state index in [2.05, 4.69) is 18.8 Å². The van der Waals surface area contributed by atoms with E-state index in [0.29, 0.717) is 5.92 Å². The predicted molar refractivity (Wildman–Crippen MR) is 62.6 cm³/mol. The van der Waals surface area contributed by atoms with Crippen LogP contribution >= 0.6 is 0 Å². The summed E-state index contributed by atoms with van der Waals surface area (Å²) < 4.78 is 0. The Morgan fingerprint density at radius 1 is 1.27 bits per heavy atom. The monoisotopic (exact) mass is 207 g/mol. The van der Waals surface area contributed by atoms with Gasteiger partial charge in [0.25, 0.3) is 0 Å². The zero-order chi connectivity index (χ0) is 11.3. The van der Waals surface area contributed by atoms with Crippen LogP contribution in [-0.4, -0.2) is 10.1 Å². The molecule has 0 spiro atoms. The molecule has 84 valence electrons. The van der Waals surface area contributed by atoms with Gasteiger partial charge >= 0.3 is 0 Å². The van der Waals surface area contributed by atoms with Gasteiger partial charge in [-0.05, 0) is 30.4 Å². The van der Waals surface area contributed by atoms with Crippen molar-refractivity contribution < 1.29 is 5.11 Å². The van der Waals surface area contributed by atoms with Gasteiger partial charge in [-0.15, -0.1) is 0 Å². The molecule has 0 aliphatic heterocycles. The fraction of sp³-hybridized carbons (Fsp3) is 0.615. The predicted octanol–water partition coefficient (Wildman–Crippen LogP) is 3.25. The quantitative estimate of drug-likeness (QED) is 0.804. The molecule has 0 aliphatic rings. The van der Waals surface area contributed by atoms with Crippen molar-refractivity contribution >= 4 is 0 Å². The standard InChI is InChI=1S/C13H21NO/c1-10(2)5-4-6-13(15)12-7-11(3)8-14-9-12/h7-10,13,15H,4-6H2,1-3H3. The highest BCUT2D eigenvalue weighted by atomic mass is 16.3. The van der Waals surface area contributed by atoms with Gasteiger partial charge in [-0.1, -0.05) is 32.8 Å². The molecular weight excluding hydrogens is 186 g/mol. The van der Waals surface area contributed by atoms with Crippen LogP contribution in [0.2, 0.25) is 0 Å². The van der Waals surface area contributed by atoms with Gasteiger partial charge in [0, 0.05) is 12.4 Å².